The van der Waals surface area contributed by atoms with Crippen molar-refractivity contribution in [1.82, 2.24) is 10.2 Å². The number of piperidine rings is 1. The SMILES string of the molecule is CCCc1ccc(C(CN2CCCCC2C)NCC)cc1. The van der Waals surface area contributed by atoms with Gasteiger partial charge in [0.25, 0.3) is 0 Å². The number of nitrogens with one attached hydrogen (secondary N) is 1. The van der Waals surface area contributed by atoms with Crippen LogP contribution in [0.15, 0.2) is 24.3 Å². The van der Waals surface area contributed by atoms with Crippen molar-refractivity contribution in [3.8, 4) is 0 Å². The van der Waals surface area contributed by atoms with Gasteiger partial charge in [0.2, 0.25) is 0 Å². The highest BCUT2D eigenvalue weighted by Crippen LogP contribution is 2.22. The minimum Gasteiger partial charge on any atom is -0.309 e. The first-order valence-electron chi connectivity index (χ1n) is 8.80. The second-order valence-electron chi connectivity index (χ2n) is 6.44. The topological polar surface area (TPSA) is 15.3 Å². The van der Waals surface area contributed by atoms with E-state index in [-0.39, 0.29) is 0 Å². The van der Waals surface area contributed by atoms with Crippen LogP contribution in [0.5, 0.6) is 0 Å². The van der Waals surface area contributed by atoms with E-state index in [9.17, 15) is 0 Å². The number of hydrogen-bond donors (Lipinski definition) is 1. The Kier molecular flexibility index (Phi) is 6.72. The van der Waals surface area contributed by atoms with Gasteiger partial charge in [-0.05, 0) is 50.4 Å². The molecule has 1 aliphatic rings. The van der Waals surface area contributed by atoms with Gasteiger partial charge in [0.15, 0.2) is 0 Å². The maximum Gasteiger partial charge on any atom is 0.0449 e. The zero-order valence-corrected chi connectivity index (χ0v) is 14.1. The van der Waals surface area contributed by atoms with E-state index in [1.165, 1.54) is 49.8 Å². The zero-order chi connectivity index (χ0) is 15.1. The molecule has 1 aromatic carbocycles. The third-order valence-corrected chi connectivity index (χ3v) is 4.73. The second kappa shape index (κ2) is 8.55. The van der Waals surface area contributed by atoms with E-state index in [0.717, 1.165) is 19.1 Å². The number of aryl methyl sites for hydroxylation is 1. The van der Waals surface area contributed by atoms with Crippen LogP contribution >= 0.6 is 0 Å². The first-order chi connectivity index (χ1) is 10.2. The molecule has 2 rings (SSSR count). The van der Waals surface area contributed by atoms with Crippen molar-refractivity contribution in [2.75, 3.05) is 19.6 Å². The number of rotatable bonds is 7. The van der Waals surface area contributed by atoms with Crippen LogP contribution in [0, 0.1) is 0 Å². The highest BCUT2D eigenvalue weighted by molar-refractivity contribution is 5.25. The lowest BCUT2D eigenvalue weighted by Gasteiger charge is -2.36. The Labute approximate surface area is 130 Å². The molecule has 0 spiro atoms. The van der Waals surface area contributed by atoms with Gasteiger partial charge in [-0.2, -0.15) is 0 Å². The van der Waals surface area contributed by atoms with Crippen molar-refractivity contribution in [3.05, 3.63) is 35.4 Å². The van der Waals surface area contributed by atoms with Crippen molar-refractivity contribution < 1.29 is 0 Å². The summed E-state index contributed by atoms with van der Waals surface area (Å²) in [5.74, 6) is 0. The van der Waals surface area contributed by atoms with Crippen LogP contribution < -0.4 is 5.32 Å². The predicted octanol–water partition coefficient (Wildman–Crippen LogP) is 4.16. The van der Waals surface area contributed by atoms with Crippen LogP contribution in [0.1, 0.15) is 63.6 Å². The fourth-order valence-corrected chi connectivity index (χ4v) is 3.40. The molecule has 0 aromatic heterocycles. The van der Waals surface area contributed by atoms with Gasteiger partial charge in [-0.25, -0.2) is 0 Å². The van der Waals surface area contributed by atoms with E-state index >= 15 is 0 Å². The molecule has 2 heteroatoms. The summed E-state index contributed by atoms with van der Waals surface area (Å²) in [6.45, 7) is 10.3. The van der Waals surface area contributed by atoms with Gasteiger partial charge in [0.05, 0.1) is 0 Å². The van der Waals surface area contributed by atoms with Gasteiger partial charge in [-0.15, -0.1) is 0 Å². The Morgan fingerprint density at radius 3 is 2.57 bits per heavy atom. The number of likely N-dealkylation sites (tertiary alicyclic amines) is 1. The Morgan fingerprint density at radius 1 is 1.19 bits per heavy atom. The molecule has 2 nitrogen and oxygen atoms in total. The van der Waals surface area contributed by atoms with Crippen LogP contribution in [0.3, 0.4) is 0 Å². The van der Waals surface area contributed by atoms with Gasteiger partial charge in [-0.1, -0.05) is 51.0 Å². The van der Waals surface area contributed by atoms with E-state index in [1.807, 2.05) is 0 Å². The van der Waals surface area contributed by atoms with E-state index in [0.29, 0.717) is 6.04 Å². The van der Waals surface area contributed by atoms with E-state index < -0.39 is 0 Å². The molecule has 0 aliphatic carbocycles. The lowest BCUT2D eigenvalue weighted by molar-refractivity contribution is 0.144. The molecule has 0 bridgehead atoms. The molecule has 1 aliphatic heterocycles. The summed E-state index contributed by atoms with van der Waals surface area (Å²) in [7, 11) is 0. The molecule has 2 atom stereocenters. The summed E-state index contributed by atoms with van der Waals surface area (Å²) in [5, 5.41) is 3.68. The quantitative estimate of drug-likeness (QED) is 0.810. The predicted molar refractivity (Wildman–Crippen MR) is 91.7 cm³/mol. The Balaban J connectivity index is 2.03. The molecular formula is C19H32N2. The molecule has 0 amide bonds. The van der Waals surface area contributed by atoms with Gasteiger partial charge in [-0.3, -0.25) is 4.90 Å². The monoisotopic (exact) mass is 288 g/mol. The smallest absolute Gasteiger partial charge is 0.0449 e. The average molecular weight is 288 g/mol. The summed E-state index contributed by atoms with van der Waals surface area (Å²) < 4.78 is 0. The molecule has 118 valence electrons. The fourth-order valence-electron chi connectivity index (χ4n) is 3.40. The minimum absolute atomic E-state index is 0.464. The maximum absolute atomic E-state index is 3.68. The fraction of sp³-hybridized carbons (Fsp3) is 0.684. The molecule has 1 aromatic rings. The maximum atomic E-state index is 3.68. The number of hydrogen-bond acceptors (Lipinski definition) is 2. The van der Waals surface area contributed by atoms with Crippen molar-refractivity contribution in [3.63, 3.8) is 0 Å². The summed E-state index contributed by atoms with van der Waals surface area (Å²) in [6, 6.07) is 10.5. The van der Waals surface area contributed by atoms with Crippen LogP contribution in [-0.4, -0.2) is 30.6 Å². The van der Waals surface area contributed by atoms with Crippen LogP contribution in [0.2, 0.25) is 0 Å². The molecule has 0 saturated carbocycles. The Morgan fingerprint density at radius 2 is 1.95 bits per heavy atom. The van der Waals surface area contributed by atoms with Crippen LogP contribution in [0.25, 0.3) is 0 Å². The number of nitrogens with zero attached hydrogens (tertiary/aromatic N) is 1. The normalized spacial score (nSPS) is 21.4. The Hall–Kier alpha value is -0.860. The molecule has 2 unspecified atom stereocenters. The molecule has 0 radical (unpaired) electrons. The van der Waals surface area contributed by atoms with Crippen molar-refractivity contribution >= 4 is 0 Å². The second-order valence-corrected chi connectivity index (χ2v) is 6.44. The van der Waals surface area contributed by atoms with Gasteiger partial charge < -0.3 is 5.32 Å². The summed E-state index contributed by atoms with van der Waals surface area (Å²) in [5.41, 5.74) is 2.90. The molecule has 1 N–H and O–H groups in total. The lowest BCUT2D eigenvalue weighted by atomic mass is 9.99. The summed E-state index contributed by atoms with van der Waals surface area (Å²) in [6.07, 6.45) is 6.53. The van der Waals surface area contributed by atoms with Gasteiger partial charge in [0, 0.05) is 18.6 Å². The largest absolute Gasteiger partial charge is 0.309 e. The minimum atomic E-state index is 0.464. The average Bonchev–Trinajstić information content (AvgIpc) is 2.50. The summed E-state index contributed by atoms with van der Waals surface area (Å²) in [4.78, 5) is 2.66. The third kappa shape index (κ3) is 4.82. The van der Waals surface area contributed by atoms with E-state index in [2.05, 4.69) is 55.3 Å². The first-order valence-corrected chi connectivity index (χ1v) is 8.80. The highest BCUT2D eigenvalue weighted by Gasteiger charge is 2.22. The summed E-state index contributed by atoms with van der Waals surface area (Å²) >= 11 is 0. The number of benzene rings is 1. The van der Waals surface area contributed by atoms with Crippen LogP contribution in [0.4, 0.5) is 0 Å². The Bertz CT molecular complexity index is 399. The number of likely N-dealkylation sites (N-methyl/N-ethyl adjacent to an activating group) is 1. The van der Waals surface area contributed by atoms with E-state index in [1.54, 1.807) is 0 Å². The van der Waals surface area contributed by atoms with Crippen molar-refractivity contribution in [2.45, 2.75) is 65.0 Å². The molecular weight excluding hydrogens is 256 g/mol. The zero-order valence-electron chi connectivity index (χ0n) is 14.1. The van der Waals surface area contributed by atoms with Crippen molar-refractivity contribution in [1.29, 1.82) is 0 Å². The molecule has 1 saturated heterocycles. The standard InChI is InChI=1S/C19H32N2/c1-4-8-17-10-12-18(13-11-17)19(20-5-2)15-21-14-7-6-9-16(21)3/h10-13,16,19-20H,4-9,14-15H2,1-3H3. The highest BCUT2D eigenvalue weighted by atomic mass is 15.2. The van der Waals surface area contributed by atoms with Gasteiger partial charge in [0.1, 0.15) is 0 Å². The van der Waals surface area contributed by atoms with Gasteiger partial charge >= 0.3 is 0 Å². The molecule has 1 heterocycles. The van der Waals surface area contributed by atoms with Crippen molar-refractivity contribution in [2.24, 2.45) is 0 Å². The third-order valence-electron chi connectivity index (χ3n) is 4.73. The molecule has 1 fully saturated rings. The first kappa shape index (κ1) is 16.5. The van der Waals surface area contributed by atoms with Crippen LogP contribution in [-0.2, 0) is 6.42 Å². The van der Waals surface area contributed by atoms with E-state index in [4.69, 9.17) is 0 Å². The molecule has 21 heavy (non-hydrogen) atoms. The lowest BCUT2D eigenvalue weighted by Crippen LogP contribution is -2.43.